The SMILES string of the molecule is Cc1noc(-c2ccc(C(=O)N(Cc3ccccc3[N+](=O)[O-])CC(F)(F)F)cc2)n1. The van der Waals surface area contributed by atoms with E-state index in [0.717, 1.165) is 0 Å². The summed E-state index contributed by atoms with van der Waals surface area (Å²) in [6.45, 7) is -0.495. The third-order valence-electron chi connectivity index (χ3n) is 4.11. The van der Waals surface area contributed by atoms with Crippen molar-refractivity contribution < 1.29 is 27.4 Å². The van der Waals surface area contributed by atoms with Gasteiger partial charge in [-0.25, -0.2) is 0 Å². The highest BCUT2D eigenvalue weighted by Crippen LogP contribution is 2.25. The minimum Gasteiger partial charge on any atom is -0.334 e. The number of para-hydroxylation sites is 1. The molecule has 0 aliphatic heterocycles. The van der Waals surface area contributed by atoms with Crippen LogP contribution in [0.5, 0.6) is 0 Å². The molecular weight excluding hydrogens is 405 g/mol. The van der Waals surface area contributed by atoms with Gasteiger partial charge in [-0.05, 0) is 31.2 Å². The van der Waals surface area contributed by atoms with Gasteiger partial charge in [-0.2, -0.15) is 18.2 Å². The van der Waals surface area contributed by atoms with E-state index in [4.69, 9.17) is 4.52 Å². The molecule has 0 atom stereocenters. The number of hydrogen-bond acceptors (Lipinski definition) is 6. The van der Waals surface area contributed by atoms with Crippen LogP contribution < -0.4 is 0 Å². The summed E-state index contributed by atoms with van der Waals surface area (Å²) in [6, 6.07) is 11.0. The number of hydrogen-bond donors (Lipinski definition) is 0. The number of carbonyl (C=O) groups excluding carboxylic acids is 1. The number of halogens is 3. The lowest BCUT2D eigenvalue weighted by Gasteiger charge is -2.24. The van der Waals surface area contributed by atoms with Gasteiger partial charge in [0.25, 0.3) is 17.5 Å². The fourth-order valence-corrected chi connectivity index (χ4v) is 2.80. The van der Waals surface area contributed by atoms with Crippen LogP contribution >= 0.6 is 0 Å². The van der Waals surface area contributed by atoms with Crippen molar-refractivity contribution in [3.05, 3.63) is 75.6 Å². The quantitative estimate of drug-likeness (QED) is 0.438. The van der Waals surface area contributed by atoms with E-state index in [1.54, 1.807) is 6.92 Å². The van der Waals surface area contributed by atoms with Crippen LogP contribution in [0.15, 0.2) is 53.1 Å². The molecule has 0 bridgehead atoms. The molecule has 156 valence electrons. The number of aryl methyl sites for hydroxylation is 1. The maximum Gasteiger partial charge on any atom is 0.406 e. The summed E-state index contributed by atoms with van der Waals surface area (Å²) < 4.78 is 44.2. The number of benzene rings is 2. The van der Waals surface area contributed by atoms with Crippen LogP contribution in [0.3, 0.4) is 0 Å². The fourth-order valence-electron chi connectivity index (χ4n) is 2.80. The third kappa shape index (κ3) is 4.99. The normalized spacial score (nSPS) is 11.3. The van der Waals surface area contributed by atoms with Gasteiger partial charge in [0, 0.05) is 22.8 Å². The molecule has 2 aromatic carbocycles. The zero-order valence-corrected chi connectivity index (χ0v) is 15.6. The zero-order valence-electron chi connectivity index (χ0n) is 15.6. The topological polar surface area (TPSA) is 102 Å². The first-order chi connectivity index (χ1) is 14.1. The number of rotatable bonds is 6. The molecule has 0 aliphatic carbocycles. The summed E-state index contributed by atoms with van der Waals surface area (Å²) in [5, 5.41) is 14.8. The highest BCUT2D eigenvalue weighted by molar-refractivity contribution is 5.94. The molecule has 11 heteroatoms. The molecule has 8 nitrogen and oxygen atoms in total. The first kappa shape index (κ1) is 21.0. The van der Waals surface area contributed by atoms with Crippen molar-refractivity contribution >= 4 is 11.6 Å². The van der Waals surface area contributed by atoms with Crippen LogP contribution in [-0.4, -0.2) is 38.6 Å². The summed E-state index contributed by atoms with van der Waals surface area (Å²) >= 11 is 0. The van der Waals surface area contributed by atoms with Crippen molar-refractivity contribution in [1.82, 2.24) is 15.0 Å². The molecule has 0 radical (unpaired) electrons. The molecule has 1 aromatic heterocycles. The second-order valence-corrected chi connectivity index (χ2v) is 6.39. The van der Waals surface area contributed by atoms with E-state index in [1.165, 1.54) is 48.5 Å². The maximum atomic E-state index is 13.1. The molecule has 0 spiro atoms. The Morgan fingerprint density at radius 3 is 2.40 bits per heavy atom. The van der Waals surface area contributed by atoms with Crippen molar-refractivity contribution in [3.8, 4) is 11.5 Å². The first-order valence-electron chi connectivity index (χ1n) is 8.63. The van der Waals surface area contributed by atoms with Gasteiger partial charge in [0.2, 0.25) is 0 Å². The van der Waals surface area contributed by atoms with Crippen molar-refractivity contribution in [2.24, 2.45) is 0 Å². The average molecular weight is 420 g/mol. The smallest absolute Gasteiger partial charge is 0.334 e. The fraction of sp³-hybridized carbons (Fsp3) is 0.211. The Morgan fingerprint density at radius 1 is 1.17 bits per heavy atom. The molecule has 3 aromatic rings. The minimum absolute atomic E-state index is 0.00180. The third-order valence-corrected chi connectivity index (χ3v) is 4.11. The largest absolute Gasteiger partial charge is 0.406 e. The van der Waals surface area contributed by atoms with Crippen LogP contribution in [-0.2, 0) is 6.54 Å². The van der Waals surface area contributed by atoms with Crippen LogP contribution in [0.25, 0.3) is 11.5 Å². The highest BCUT2D eigenvalue weighted by Gasteiger charge is 2.34. The Morgan fingerprint density at radius 2 is 1.83 bits per heavy atom. The Balaban J connectivity index is 1.88. The van der Waals surface area contributed by atoms with Crippen LogP contribution in [0.1, 0.15) is 21.7 Å². The summed E-state index contributed by atoms with van der Waals surface area (Å²) in [5.74, 6) is -0.303. The van der Waals surface area contributed by atoms with Gasteiger partial charge < -0.3 is 9.42 Å². The second-order valence-electron chi connectivity index (χ2n) is 6.39. The molecule has 0 aliphatic rings. The van der Waals surface area contributed by atoms with Gasteiger partial charge in [-0.3, -0.25) is 14.9 Å². The summed E-state index contributed by atoms with van der Waals surface area (Å²) in [4.78, 5) is 27.8. The zero-order chi connectivity index (χ0) is 21.9. The molecule has 1 heterocycles. The van der Waals surface area contributed by atoms with Crippen molar-refractivity contribution in [3.63, 3.8) is 0 Å². The number of nitrogens with zero attached hydrogens (tertiary/aromatic N) is 4. The van der Waals surface area contributed by atoms with Gasteiger partial charge in [0.05, 0.1) is 11.5 Å². The van der Waals surface area contributed by atoms with Gasteiger partial charge >= 0.3 is 6.18 Å². The molecule has 1 amide bonds. The first-order valence-corrected chi connectivity index (χ1v) is 8.63. The lowest BCUT2D eigenvalue weighted by Crippen LogP contribution is -2.38. The van der Waals surface area contributed by atoms with Crippen LogP contribution in [0.4, 0.5) is 18.9 Å². The van der Waals surface area contributed by atoms with E-state index >= 15 is 0 Å². The van der Waals surface area contributed by atoms with Crippen molar-refractivity contribution in [2.75, 3.05) is 6.54 Å². The predicted molar refractivity (Wildman–Crippen MR) is 98.4 cm³/mol. The predicted octanol–water partition coefficient (Wildman–Crippen LogP) is 4.16. The van der Waals surface area contributed by atoms with E-state index in [0.29, 0.717) is 16.3 Å². The number of nitro benzene ring substituents is 1. The highest BCUT2D eigenvalue weighted by atomic mass is 19.4. The number of aromatic nitrogens is 2. The molecular formula is C19H15F3N4O4. The molecule has 30 heavy (non-hydrogen) atoms. The number of alkyl halides is 3. The summed E-state index contributed by atoms with van der Waals surface area (Å²) in [5.41, 5.74) is 0.115. The Labute approximate surface area is 168 Å². The Kier molecular flexibility index (Phi) is 5.81. The molecule has 0 fully saturated rings. The second kappa shape index (κ2) is 8.31. The van der Waals surface area contributed by atoms with Gasteiger partial charge in [-0.1, -0.05) is 23.4 Å². The van der Waals surface area contributed by atoms with Crippen LogP contribution in [0, 0.1) is 17.0 Å². The standard InChI is InChI=1S/C19H15F3N4O4/c1-12-23-17(30-24-12)13-6-8-14(9-7-13)18(27)25(11-19(20,21)22)10-15-4-2-3-5-16(15)26(28)29/h2-9H,10-11H2,1H3. The molecule has 0 unspecified atom stereocenters. The Hall–Kier alpha value is -3.76. The molecule has 0 saturated carbocycles. The maximum absolute atomic E-state index is 13.1. The van der Waals surface area contributed by atoms with E-state index < -0.39 is 30.1 Å². The van der Waals surface area contributed by atoms with Crippen molar-refractivity contribution in [2.45, 2.75) is 19.6 Å². The van der Waals surface area contributed by atoms with E-state index in [-0.39, 0.29) is 22.7 Å². The summed E-state index contributed by atoms with van der Waals surface area (Å²) in [7, 11) is 0. The molecule has 0 saturated heterocycles. The monoisotopic (exact) mass is 420 g/mol. The van der Waals surface area contributed by atoms with Crippen LogP contribution in [0.2, 0.25) is 0 Å². The van der Waals surface area contributed by atoms with Gasteiger partial charge in [0.15, 0.2) is 5.82 Å². The Bertz CT molecular complexity index is 1060. The lowest BCUT2D eigenvalue weighted by molar-refractivity contribution is -0.385. The molecule has 3 rings (SSSR count). The summed E-state index contributed by atoms with van der Waals surface area (Å²) in [6.07, 6.45) is -4.68. The number of nitro groups is 1. The van der Waals surface area contributed by atoms with E-state index in [9.17, 15) is 28.1 Å². The van der Waals surface area contributed by atoms with E-state index in [2.05, 4.69) is 10.1 Å². The molecule has 0 N–H and O–H groups in total. The average Bonchev–Trinajstić information content (AvgIpc) is 3.12. The van der Waals surface area contributed by atoms with Gasteiger partial charge in [0.1, 0.15) is 6.54 Å². The number of amides is 1. The lowest BCUT2D eigenvalue weighted by atomic mass is 10.1. The van der Waals surface area contributed by atoms with E-state index in [1.807, 2.05) is 0 Å². The van der Waals surface area contributed by atoms with Gasteiger partial charge in [-0.15, -0.1) is 0 Å². The number of carbonyl (C=O) groups is 1. The minimum atomic E-state index is -4.68. The van der Waals surface area contributed by atoms with Crippen molar-refractivity contribution in [1.29, 1.82) is 0 Å².